The number of hydrogen-bond donors (Lipinski definition) is 1. The van der Waals surface area contributed by atoms with Gasteiger partial charge in [0.25, 0.3) is 5.91 Å². The summed E-state index contributed by atoms with van der Waals surface area (Å²) in [6, 6.07) is 14.8. The third-order valence-electron chi connectivity index (χ3n) is 2.92. The summed E-state index contributed by atoms with van der Waals surface area (Å²) in [5, 5.41) is 7.42. The lowest BCUT2D eigenvalue weighted by Gasteiger charge is -2.02. The second-order valence-electron chi connectivity index (χ2n) is 4.35. The molecular formula is C15H12N2O2. The van der Waals surface area contributed by atoms with Gasteiger partial charge in [0.2, 0.25) is 0 Å². The lowest BCUT2D eigenvalue weighted by Crippen LogP contribution is -2.12. The van der Waals surface area contributed by atoms with Gasteiger partial charge in [-0.2, -0.15) is 0 Å². The molecule has 0 aliphatic rings. The number of aromatic nitrogens is 1. The molecule has 0 aliphatic carbocycles. The van der Waals surface area contributed by atoms with E-state index in [-0.39, 0.29) is 5.91 Å². The fraction of sp³-hybridized carbons (Fsp3) is 0.0667. The van der Waals surface area contributed by atoms with Gasteiger partial charge in [0, 0.05) is 5.56 Å². The molecule has 3 rings (SSSR count). The highest BCUT2D eigenvalue weighted by Crippen LogP contribution is 2.22. The molecule has 1 amide bonds. The van der Waals surface area contributed by atoms with Crippen molar-refractivity contribution in [2.24, 2.45) is 0 Å². The van der Waals surface area contributed by atoms with E-state index in [2.05, 4.69) is 10.5 Å². The summed E-state index contributed by atoms with van der Waals surface area (Å²) in [5.74, 6) is 0.250. The normalized spacial score (nSPS) is 10.6. The molecule has 0 fully saturated rings. The van der Waals surface area contributed by atoms with Gasteiger partial charge in [-0.15, -0.1) is 0 Å². The van der Waals surface area contributed by atoms with E-state index in [1.165, 1.54) is 0 Å². The number of hydrogen-bond acceptors (Lipinski definition) is 3. The molecule has 0 saturated carbocycles. The van der Waals surface area contributed by atoms with Crippen LogP contribution in [0.2, 0.25) is 0 Å². The standard InChI is InChI=1S/C15H12N2O2/c1-10-6-8-11(9-7-10)15(18)16-14-12-4-2-3-5-13(12)19-17-14/h2-9H,1H3,(H,16,17,18). The second kappa shape index (κ2) is 4.57. The molecule has 0 aliphatic heterocycles. The largest absolute Gasteiger partial charge is 0.354 e. The van der Waals surface area contributed by atoms with E-state index in [1.807, 2.05) is 43.3 Å². The van der Waals surface area contributed by atoms with Crippen LogP contribution in [0, 0.1) is 6.92 Å². The molecule has 0 spiro atoms. The number of rotatable bonds is 2. The van der Waals surface area contributed by atoms with Crippen LogP contribution < -0.4 is 5.32 Å². The minimum Gasteiger partial charge on any atom is -0.354 e. The number of nitrogens with one attached hydrogen (secondary N) is 1. The van der Waals surface area contributed by atoms with Crippen molar-refractivity contribution < 1.29 is 9.32 Å². The van der Waals surface area contributed by atoms with E-state index < -0.39 is 0 Å². The van der Waals surface area contributed by atoms with Crippen LogP contribution in [0.15, 0.2) is 53.1 Å². The molecule has 1 heterocycles. The van der Waals surface area contributed by atoms with Crippen molar-refractivity contribution in [2.75, 3.05) is 5.32 Å². The average Bonchev–Trinajstić information content (AvgIpc) is 2.83. The number of anilines is 1. The summed E-state index contributed by atoms with van der Waals surface area (Å²) in [4.78, 5) is 12.1. The summed E-state index contributed by atoms with van der Waals surface area (Å²) < 4.78 is 5.14. The summed E-state index contributed by atoms with van der Waals surface area (Å²) in [7, 11) is 0. The molecule has 0 bridgehead atoms. The SMILES string of the molecule is Cc1ccc(C(=O)Nc2noc3ccccc23)cc1. The first-order valence-electron chi connectivity index (χ1n) is 5.96. The molecule has 3 aromatic rings. The topological polar surface area (TPSA) is 55.1 Å². The van der Waals surface area contributed by atoms with Crippen molar-refractivity contribution in [3.63, 3.8) is 0 Å². The third kappa shape index (κ3) is 2.20. The molecule has 4 heteroatoms. The van der Waals surface area contributed by atoms with Crippen LogP contribution in [-0.4, -0.2) is 11.1 Å². The molecule has 19 heavy (non-hydrogen) atoms. The van der Waals surface area contributed by atoms with Gasteiger partial charge in [0.05, 0.1) is 5.39 Å². The van der Waals surface area contributed by atoms with Crippen LogP contribution in [0.3, 0.4) is 0 Å². The minimum absolute atomic E-state index is 0.195. The highest BCUT2D eigenvalue weighted by Gasteiger charge is 2.11. The summed E-state index contributed by atoms with van der Waals surface area (Å²) in [5.41, 5.74) is 2.36. The Hall–Kier alpha value is -2.62. The van der Waals surface area contributed by atoms with Gasteiger partial charge in [-0.1, -0.05) is 35.0 Å². The van der Waals surface area contributed by atoms with Gasteiger partial charge < -0.3 is 9.84 Å². The van der Waals surface area contributed by atoms with Gasteiger partial charge in [-0.05, 0) is 31.2 Å². The zero-order valence-electron chi connectivity index (χ0n) is 10.4. The monoisotopic (exact) mass is 252 g/mol. The number of nitrogens with zero attached hydrogens (tertiary/aromatic N) is 1. The maximum atomic E-state index is 12.1. The number of benzene rings is 2. The number of carbonyl (C=O) groups excluding carboxylic acids is 1. The molecule has 1 aromatic heterocycles. The van der Waals surface area contributed by atoms with Crippen molar-refractivity contribution in [1.82, 2.24) is 5.16 Å². The lowest BCUT2D eigenvalue weighted by atomic mass is 10.1. The zero-order chi connectivity index (χ0) is 13.2. The molecule has 0 saturated heterocycles. The Morgan fingerprint density at radius 3 is 2.63 bits per heavy atom. The van der Waals surface area contributed by atoms with Gasteiger partial charge in [0.15, 0.2) is 11.4 Å². The van der Waals surface area contributed by atoms with E-state index in [0.29, 0.717) is 17.0 Å². The molecular weight excluding hydrogens is 240 g/mol. The molecule has 2 aromatic carbocycles. The Bertz CT molecular complexity index is 729. The smallest absolute Gasteiger partial charge is 0.256 e. The first-order valence-corrected chi connectivity index (χ1v) is 5.96. The van der Waals surface area contributed by atoms with Gasteiger partial charge in [0.1, 0.15) is 0 Å². The maximum Gasteiger partial charge on any atom is 0.256 e. The van der Waals surface area contributed by atoms with Gasteiger partial charge >= 0.3 is 0 Å². The Balaban J connectivity index is 1.89. The second-order valence-corrected chi connectivity index (χ2v) is 4.35. The van der Waals surface area contributed by atoms with Crippen LogP contribution in [-0.2, 0) is 0 Å². The highest BCUT2D eigenvalue weighted by atomic mass is 16.5. The van der Waals surface area contributed by atoms with E-state index >= 15 is 0 Å². The van der Waals surface area contributed by atoms with Gasteiger partial charge in [-0.3, -0.25) is 4.79 Å². The van der Waals surface area contributed by atoms with Crippen molar-refractivity contribution in [1.29, 1.82) is 0 Å². The fourth-order valence-electron chi connectivity index (χ4n) is 1.86. The van der Waals surface area contributed by atoms with E-state index in [4.69, 9.17) is 4.52 Å². The van der Waals surface area contributed by atoms with Crippen LogP contribution >= 0.6 is 0 Å². The van der Waals surface area contributed by atoms with E-state index in [0.717, 1.165) is 10.9 Å². The Kier molecular flexibility index (Phi) is 2.76. The first-order chi connectivity index (χ1) is 9.24. The zero-order valence-corrected chi connectivity index (χ0v) is 10.4. The number of fused-ring (bicyclic) bond motifs is 1. The third-order valence-corrected chi connectivity index (χ3v) is 2.92. The minimum atomic E-state index is -0.195. The summed E-state index contributed by atoms with van der Waals surface area (Å²) >= 11 is 0. The Morgan fingerprint density at radius 2 is 1.84 bits per heavy atom. The van der Waals surface area contributed by atoms with Crippen molar-refractivity contribution >= 4 is 22.7 Å². The van der Waals surface area contributed by atoms with Crippen molar-refractivity contribution in [3.8, 4) is 0 Å². The number of aryl methyl sites for hydroxylation is 1. The van der Waals surface area contributed by atoms with E-state index in [9.17, 15) is 4.79 Å². The molecule has 94 valence electrons. The van der Waals surface area contributed by atoms with Gasteiger partial charge in [-0.25, -0.2) is 0 Å². The van der Waals surface area contributed by atoms with Crippen LogP contribution in [0.4, 0.5) is 5.82 Å². The highest BCUT2D eigenvalue weighted by molar-refractivity contribution is 6.07. The Morgan fingerprint density at radius 1 is 1.11 bits per heavy atom. The molecule has 4 nitrogen and oxygen atoms in total. The number of para-hydroxylation sites is 1. The summed E-state index contributed by atoms with van der Waals surface area (Å²) in [6.07, 6.45) is 0. The Labute approximate surface area is 110 Å². The lowest BCUT2D eigenvalue weighted by molar-refractivity contribution is 0.102. The average molecular weight is 252 g/mol. The number of amides is 1. The van der Waals surface area contributed by atoms with Crippen LogP contribution in [0.5, 0.6) is 0 Å². The first kappa shape index (κ1) is 11.5. The summed E-state index contributed by atoms with van der Waals surface area (Å²) in [6.45, 7) is 1.98. The fourth-order valence-corrected chi connectivity index (χ4v) is 1.86. The predicted octanol–water partition coefficient (Wildman–Crippen LogP) is 3.39. The predicted molar refractivity (Wildman–Crippen MR) is 73.1 cm³/mol. The maximum absolute atomic E-state index is 12.1. The van der Waals surface area contributed by atoms with Crippen LogP contribution in [0.1, 0.15) is 15.9 Å². The molecule has 0 unspecified atom stereocenters. The molecule has 1 N–H and O–H groups in total. The molecule has 0 radical (unpaired) electrons. The van der Waals surface area contributed by atoms with E-state index in [1.54, 1.807) is 12.1 Å². The van der Waals surface area contributed by atoms with Crippen molar-refractivity contribution in [3.05, 3.63) is 59.7 Å². The molecule has 0 atom stereocenters. The quantitative estimate of drug-likeness (QED) is 0.760. The van der Waals surface area contributed by atoms with Crippen molar-refractivity contribution in [2.45, 2.75) is 6.92 Å². The number of carbonyl (C=O) groups is 1. The van der Waals surface area contributed by atoms with Crippen LogP contribution in [0.25, 0.3) is 11.0 Å².